The minimum absolute atomic E-state index is 0.0452. The Bertz CT molecular complexity index is 497. The summed E-state index contributed by atoms with van der Waals surface area (Å²) in [5, 5.41) is 8.74. The number of ether oxygens (including phenoxy) is 1. The third kappa shape index (κ3) is 3.94. The fraction of sp³-hybridized carbons (Fsp3) is 0.846. The van der Waals surface area contributed by atoms with Crippen LogP contribution in [0.4, 0.5) is 0 Å². The van der Waals surface area contributed by atoms with Crippen LogP contribution >= 0.6 is 0 Å². The minimum atomic E-state index is -3.26. The van der Waals surface area contributed by atoms with Crippen LogP contribution in [-0.2, 0) is 24.2 Å². The molecule has 8 heteroatoms. The van der Waals surface area contributed by atoms with Gasteiger partial charge in [0.05, 0.1) is 24.2 Å². The molecule has 0 spiro atoms. The van der Waals surface area contributed by atoms with Crippen LogP contribution in [0.15, 0.2) is 0 Å². The summed E-state index contributed by atoms with van der Waals surface area (Å²) in [5.41, 5.74) is 0. The average Bonchev–Trinajstić information content (AvgIpc) is 3.00. The summed E-state index contributed by atoms with van der Waals surface area (Å²) >= 11 is 0. The number of sulfone groups is 1. The van der Waals surface area contributed by atoms with Crippen molar-refractivity contribution in [3.8, 4) is 0 Å². The standard InChI is InChI=1S/C13H21NO6S/c15-12(14-6-7-20-9-11(14)13(16)17)5-8-21(18,19)10-3-1-2-4-10/h10-11H,1-9H2,(H,16,17)/t11-/m1/s1. The lowest BCUT2D eigenvalue weighted by atomic mass is 10.2. The van der Waals surface area contributed by atoms with E-state index in [1.807, 2.05) is 0 Å². The molecule has 0 radical (unpaired) electrons. The van der Waals surface area contributed by atoms with Gasteiger partial charge in [0, 0.05) is 13.0 Å². The highest BCUT2D eigenvalue weighted by atomic mass is 32.2. The van der Waals surface area contributed by atoms with Crippen molar-refractivity contribution in [1.82, 2.24) is 4.90 Å². The smallest absolute Gasteiger partial charge is 0.328 e. The highest BCUT2D eigenvalue weighted by Gasteiger charge is 2.34. The number of carboxylic acid groups (broad SMARTS) is 1. The number of hydrogen-bond donors (Lipinski definition) is 1. The second-order valence-electron chi connectivity index (χ2n) is 5.54. The number of rotatable bonds is 5. The van der Waals surface area contributed by atoms with Gasteiger partial charge in [0.1, 0.15) is 0 Å². The van der Waals surface area contributed by atoms with Gasteiger partial charge in [0.2, 0.25) is 5.91 Å². The van der Waals surface area contributed by atoms with E-state index >= 15 is 0 Å². The first-order valence-electron chi connectivity index (χ1n) is 7.23. The molecule has 0 bridgehead atoms. The monoisotopic (exact) mass is 319 g/mol. The van der Waals surface area contributed by atoms with Gasteiger partial charge >= 0.3 is 5.97 Å². The van der Waals surface area contributed by atoms with E-state index in [9.17, 15) is 18.0 Å². The van der Waals surface area contributed by atoms with E-state index in [0.717, 1.165) is 12.8 Å². The molecule has 1 heterocycles. The predicted octanol–water partition coefficient (Wildman–Crippen LogP) is 0.0459. The number of aliphatic carboxylic acids is 1. The number of morpholine rings is 1. The Labute approximate surface area is 124 Å². The Kier molecular flexibility index (Phi) is 5.21. The van der Waals surface area contributed by atoms with E-state index in [2.05, 4.69) is 0 Å². The number of carbonyl (C=O) groups excluding carboxylic acids is 1. The lowest BCUT2D eigenvalue weighted by Crippen LogP contribution is -2.52. The molecule has 0 aromatic rings. The van der Waals surface area contributed by atoms with E-state index < -0.39 is 27.8 Å². The van der Waals surface area contributed by atoms with E-state index in [-0.39, 0.29) is 37.2 Å². The van der Waals surface area contributed by atoms with Crippen molar-refractivity contribution in [2.24, 2.45) is 0 Å². The van der Waals surface area contributed by atoms with Gasteiger partial charge in [-0.15, -0.1) is 0 Å². The average molecular weight is 319 g/mol. The zero-order valence-corrected chi connectivity index (χ0v) is 12.7. The Hall–Kier alpha value is -1.15. The Morgan fingerprint density at radius 3 is 2.52 bits per heavy atom. The molecule has 2 fully saturated rings. The second-order valence-corrected chi connectivity index (χ2v) is 7.94. The minimum Gasteiger partial charge on any atom is -0.480 e. The number of hydrogen-bond acceptors (Lipinski definition) is 5. The summed E-state index contributed by atoms with van der Waals surface area (Å²) in [6.07, 6.45) is 3.03. The van der Waals surface area contributed by atoms with Gasteiger partial charge in [-0.25, -0.2) is 13.2 Å². The molecule has 2 rings (SSSR count). The van der Waals surface area contributed by atoms with Crippen LogP contribution in [0.3, 0.4) is 0 Å². The van der Waals surface area contributed by atoms with E-state index in [4.69, 9.17) is 9.84 Å². The molecular weight excluding hydrogens is 298 g/mol. The normalized spacial score (nSPS) is 24.2. The van der Waals surface area contributed by atoms with Crippen molar-refractivity contribution in [3.05, 3.63) is 0 Å². The van der Waals surface area contributed by atoms with Gasteiger partial charge in [-0.1, -0.05) is 12.8 Å². The van der Waals surface area contributed by atoms with Crippen LogP contribution in [0.5, 0.6) is 0 Å². The number of carboxylic acids is 1. The molecule has 120 valence electrons. The van der Waals surface area contributed by atoms with Gasteiger partial charge < -0.3 is 14.7 Å². The van der Waals surface area contributed by atoms with Gasteiger partial charge in [-0.05, 0) is 12.8 Å². The van der Waals surface area contributed by atoms with Gasteiger partial charge in [0.25, 0.3) is 0 Å². The third-order valence-electron chi connectivity index (χ3n) is 4.14. The number of amides is 1. The van der Waals surface area contributed by atoms with Crippen LogP contribution in [0.1, 0.15) is 32.1 Å². The highest BCUT2D eigenvalue weighted by molar-refractivity contribution is 7.92. The molecule has 1 N–H and O–H groups in total. The molecule has 1 saturated carbocycles. The number of nitrogens with zero attached hydrogens (tertiary/aromatic N) is 1. The van der Waals surface area contributed by atoms with Crippen molar-refractivity contribution in [2.45, 2.75) is 43.4 Å². The molecule has 1 amide bonds. The SMILES string of the molecule is O=C(O)[C@H]1COCCN1C(=O)CCS(=O)(=O)C1CCCC1. The quantitative estimate of drug-likeness (QED) is 0.768. The first-order valence-corrected chi connectivity index (χ1v) is 8.95. The van der Waals surface area contributed by atoms with Crippen LogP contribution in [0.25, 0.3) is 0 Å². The largest absolute Gasteiger partial charge is 0.480 e. The molecule has 2 aliphatic rings. The summed E-state index contributed by atoms with van der Waals surface area (Å²) in [5.74, 6) is -1.74. The second kappa shape index (κ2) is 6.74. The Morgan fingerprint density at radius 2 is 1.90 bits per heavy atom. The molecule has 21 heavy (non-hydrogen) atoms. The Morgan fingerprint density at radius 1 is 1.24 bits per heavy atom. The van der Waals surface area contributed by atoms with Gasteiger partial charge in [0.15, 0.2) is 15.9 Å². The zero-order chi connectivity index (χ0) is 15.5. The predicted molar refractivity (Wildman–Crippen MR) is 74.6 cm³/mol. The summed E-state index contributed by atoms with van der Waals surface area (Å²) in [6, 6.07) is -1.01. The van der Waals surface area contributed by atoms with Crippen LogP contribution in [0.2, 0.25) is 0 Å². The lowest BCUT2D eigenvalue weighted by molar-refractivity contribution is -0.158. The molecule has 0 aromatic carbocycles. The fourth-order valence-electron chi connectivity index (χ4n) is 2.89. The van der Waals surface area contributed by atoms with Crippen molar-refractivity contribution >= 4 is 21.7 Å². The van der Waals surface area contributed by atoms with Crippen LogP contribution in [0, 0.1) is 0 Å². The molecule has 1 saturated heterocycles. The molecule has 1 aliphatic heterocycles. The molecule has 1 aliphatic carbocycles. The van der Waals surface area contributed by atoms with Crippen molar-refractivity contribution in [3.63, 3.8) is 0 Å². The maximum absolute atomic E-state index is 12.1. The van der Waals surface area contributed by atoms with Gasteiger partial charge in [-0.3, -0.25) is 4.79 Å². The van der Waals surface area contributed by atoms with Crippen LogP contribution < -0.4 is 0 Å². The fourth-order valence-corrected chi connectivity index (χ4v) is 4.74. The summed E-state index contributed by atoms with van der Waals surface area (Å²) in [6.45, 7) is 0.431. The Balaban J connectivity index is 1.92. The first-order chi connectivity index (χ1) is 9.92. The van der Waals surface area contributed by atoms with Crippen molar-refractivity contribution < 1.29 is 27.9 Å². The van der Waals surface area contributed by atoms with Crippen LogP contribution in [-0.4, -0.2) is 67.1 Å². The first kappa shape index (κ1) is 16.2. The molecule has 0 unspecified atom stereocenters. The molecular formula is C13H21NO6S. The number of carbonyl (C=O) groups is 2. The third-order valence-corrected chi connectivity index (χ3v) is 6.40. The highest BCUT2D eigenvalue weighted by Crippen LogP contribution is 2.25. The maximum Gasteiger partial charge on any atom is 0.328 e. The molecule has 7 nitrogen and oxygen atoms in total. The summed E-state index contributed by atoms with van der Waals surface area (Å²) < 4.78 is 29.3. The molecule has 1 atom stereocenters. The summed E-state index contributed by atoms with van der Waals surface area (Å²) in [4.78, 5) is 24.4. The van der Waals surface area contributed by atoms with E-state index in [0.29, 0.717) is 12.8 Å². The summed E-state index contributed by atoms with van der Waals surface area (Å²) in [7, 11) is -3.26. The van der Waals surface area contributed by atoms with Crippen molar-refractivity contribution in [1.29, 1.82) is 0 Å². The zero-order valence-electron chi connectivity index (χ0n) is 11.9. The van der Waals surface area contributed by atoms with Gasteiger partial charge in [-0.2, -0.15) is 0 Å². The topological polar surface area (TPSA) is 101 Å². The van der Waals surface area contributed by atoms with Crippen molar-refractivity contribution in [2.75, 3.05) is 25.5 Å². The van der Waals surface area contributed by atoms with E-state index in [1.54, 1.807) is 0 Å². The maximum atomic E-state index is 12.1. The van der Waals surface area contributed by atoms with E-state index in [1.165, 1.54) is 4.90 Å². The lowest BCUT2D eigenvalue weighted by Gasteiger charge is -2.33. The molecule has 0 aromatic heterocycles.